The van der Waals surface area contributed by atoms with Crippen LogP contribution in [0.25, 0.3) is 0 Å². The predicted molar refractivity (Wildman–Crippen MR) is 72.5 cm³/mol. The Balaban J connectivity index is 1.72. The molecule has 1 aliphatic heterocycles. The summed E-state index contributed by atoms with van der Waals surface area (Å²) in [5.74, 6) is 0. The molecule has 1 aromatic heterocycles. The maximum atomic E-state index is 5.75. The van der Waals surface area contributed by atoms with Gasteiger partial charge in [0, 0.05) is 31.9 Å². The van der Waals surface area contributed by atoms with E-state index in [4.69, 9.17) is 4.74 Å². The molecule has 1 fully saturated rings. The van der Waals surface area contributed by atoms with Crippen molar-refractivity contribution in [3.63, 3.8) is 0 Å². The third kappa shape index (κ3) is 4.05. The second-order valence-electron chi connectivity index (χ2n) is 4.79. The molecular weight excluding hydrogens is 226 g/mol. The van der Waals surface area contributed by atoms with E-state index in [9.17, 15) is 0 Å². The van der Waals surface area contributed by atoms with Gasteiger partial charge in [-0.2, -0.15) is 0 Å². The zero-order valence-electron chi connectivity index (χ0n) is 11.4. The Morgan fingerprint density at radius 2 is 2.39 bits per heavy atom. The molecule has 1 N–H and O–H groups in total. The molecule has 0 radical (unpaired) electrons. The highest BCUT2D eigenvalue weighted by molar-refractivity contribution is 5.09. The fourth-order valence-electron chi connectivity index (χ4n) is 2.25. The van der Waals surface area contributed by atoms with Crippen LogP contribution < -0.4 is 5.32 Å². The van der Waals surface area contributed by atoms with Crippen LogP contribution in [0.3, 0.4) is 0 Å². The van der Waals surface area contributed by atoms with Crippen LogP contribution in [0, 0.1) is 6.92 Å². The van der Waals surface area contributed by atoms with Crippen LogP contribution in [0.15, 0.2) is 18.2 Å². The molecule has 4 heteroatoms. The van der Waals surface area contributed by atoms with E-state index in [1.165, 1.54) is 0 Å². The van der Waals surface area contributed by atoms with Gasteiger partial charge in [-0.1, -0.05) is 13.0 Å². The van der Waals surface area contributed by atoms with Gasteiger partial charge in [0.25, 0.3) is 0 Å². The molecule has 1 unspecified atom stereocenters. The number of nitrogens with one attached hydrogen (secondary N) is 1. The summed E-state index contributed by atoms with van der Waals surface area (Å²) in [6.45, 7) is 9.98. The fourth-order valence-corrected chi connectivity index (χ4v) is 2.25. The number of ether oxygens (including phenoxy) is 1. The minimum Gasteiger partial charge on any atom is -0.374 e. The van der Waals surface area contributed by atoms with Crippen LogP contribution in [-0.4, -0.2) is 48.8 Å². The first-order chi connectivity index (χ1) is 8.78. The lowest BCUT2D eigenvalue weighted by atomic mass is 10.2. The van der Waals surface area contributed by atoms with Crippen LogP contribution >= 0.6 is 0 Å². The summed E-state index contributed by atoms with van der Waals surface area (Å²) in [6, 6.07) is 6.13. The smallest absolute Gasteiger partial charge is 0.0826 e. The molecule has 1 atom stereocenters. The standard InChI is InChI=1S/C14H23N3O/c1-3-17-7-8-18-14(11-17)10-15-9-13-6-4-5-12(2)16-13/h4-6,14-15H,3,7-11H2,1-2H3. The molecule has 1 saturated heterocycles. The molecule has 1 aliphatic rings. The van der Waals surface area contributed by atoms with Crippen molar-refractivity contribution in [3.8, 4) is 0 Å². The van der Waals surface area contributed by atoms with Crippen molar-refractivity contribution in [2.75, 3.05) is 32.8 Å². The van der Waals surface area contributed by atoms with Crippen LogP contribution in [0.5, 0.6) is 0 Å². The molecule has 2 heterocycles. The highest BCUT2D eigenvalue weighted by atomic mass is 16.5. The van der Waals surface area contributed by atoms with Gasteiger partial charge in [0.1, 0.15) is 0 Å². The van der Waals surface area contributed by atoms with Crippen molar-refractivity contribution in [2.45, 2.75) is 26.5 Å². The van der Waals surface area contributed by atoms with E-state index in [1.54, 1.807) is 0 Å². The van der Waals surface area contributed by atoms with E-state index in [0.717, 1.165) is 50.7 Å². The Morgan fingerprint density at radius 1 is 1.50 bits per heavy atom. The van der Waals surface area contributed by atoms with Crippen molar-refractivity contribution in [3.05, 3.63) is 29.6 Å². The molecule has 18 heavy (non-hydrogen) atoms. The van der Waals surface area contributed by atoms with Gasteiger partial charge in [-0.05, 0) is 25.6 Å². The molecule has 2 rings (SSSR count). The van der Waals surface area contributed by atoms with Gasteiger partial charge in [0.2, 0.25) is 0 Å². The Kier molecular flexibility index (Phi) is 5.11. The maximum Gasteiger partial charge on any atom is 0.0826 e. The van der Waals surface area contributed by atoms with Crippen molar-refractivity contribution in [2.24, 2.45) is 0 Å². The summed E-state index contributed by atoms with van der Waals surface area (Å²) >= 11 is 0. The maximum absolute atomic E-state index is 5.75. The monoisotopic (exact) mass is 249 g/mol. The zero-order chi connectivity index (χ0) is 12.8. The minimum atomic E-state index is 0.309. The second kappa shape index (κ2) is 6.83. The normalized spacial score (nSPS) is 21.1. The molecule has 0 saturated carbocycles. The number of likely N-dealkylation sites (N-methyl/N-ethyl adjacent to an activating group) is 1. The fraction of sp³-hybridized carbons (Fsp3) is 0.643. The molecular formula is C14H23N3O. The first-order valence-electron chi connectivity index (χ1n) is 6.75. The molecule has 0 aliphatic carbocycles. The second-order valence-corrected chi connectivity index (χ2v) is 4.79. The highest BCUT2D eigenvalue weighted by Crippen LogP contribution is 2.04. The van der Waals surface area contributed by atoms with Crippen molar-refractivity contribution in [1.82, 2.24) is 15.2 Å². The van der Waals surface area contributed by atoms with Gasteiger partial charge in [-0.3, -0.25) is 9.88 Å². The van der Waals surface area contributed by atoms with E-state index in [1.807, 2.05) is 13.0 Å². The summed E-state index contributed by atoms with van der Waals surface area (Å²) in [6.07, 6.45) is 0.309. The van der Waals surface area contributed by atoms with E-state index < -0.39 is 0 Å². The van der Waals surface area contributed by atoms with E-state index in [0.29, 0.717) is 6.10 Å². The Labute approximate surface area is 109 Å². The predicted octanol–water partition coefficient (Wildman–Crippen LogP) is 1.20. The highest BCUT2D eigenvalue weighted by Gasteiger charge is 2.18. The quantitative estimate of drug-likeness (QED) is 0.851. The molecule has 0 bridgehead atoms. The number of aryl methyl sites for hydroxylation is 1. The Hall–Kier alpha value is -0.970. The lowest BCUT2D eigenvalue weighted by Crippen LogP contribution is -2.46. The van der Waals surface area contributed by atoms with Gasteiger partial charge in [-0.15, -0.1) is 0 Å². The van der Waals surface area contributed by atoms with E-state index >= 15 is 0 Å². The van der Waals surface area contributed by atoms with Crippen molar-refractivity contribution in [1.29, 1.82) is 0 Å². The van der Waals surface area contributed by atoms with Gasteiger partial charge < -0.3 is 10.1 Å². The summed E-state index contributed by atoms with van der Waals surface area (Å²) in [4.78, 5) is 6.90. The summed E-state index contributed by atoms with van der Waals surface area (Å²) in [7, 11) is 0. The third-order valence-corrected chi connectivity index (χ3v) is 3.29. The van der Waals surface area contributed by atoms with Gasteiger partial charge in [0.05, 0.1) is 18.4 Å². The number of hydrogen-bond acceptors (Lipinski definition) is 4. The van der Waals surface area contributed by atoms with E-state index in [-0.39, 0.29) is 0 Å². The number of morpholine rings is 1. The van der Waals surface area contributed by atoms with E-state index in [2.05, 4.69) is 34.3 Å². The molecule has 0 amide bonds. The zero-order valence-corrected chi connectivity index (χ0v) is 11.4. The molecule has 1 aromatic rings. The van der Waals surface area contributed by atoms with Gasteiger partial charge in [-0.25, -0.2) is 0 Å². The Morgan fingerprint density at radius 3 is 3.17 bits per heavy atom. The summed E-state index contributed by atoms with van der Waals surface area (Å²) in [5, 5.41) is 3.43. The van der Waals surface area contributed by atoms with Crippen LogP contribution in [0.4, 0.5) is 0 Å². The first kappa shape index (κ1) is 13.5. The number of hydrogen-bond donors (Lipinski definition) is 1. The van der Waals surface area contributed by atoms with Crippen LogP contribution in [0.2, 0.25) is 0 Å². The third-order valence-electron chi connectivity index (χ3n) is 3.29. The van der Waals surface area contributed by atoms with Gasteiger partial charge >= 0.3 is 0 Å². The molecule has 100 valence electrons. The lowest BCUT2D eigenvalue weighted by molar-refractivity contribution is -0.0254. The minimum absolute atomic E-state index is 0.309. The average Bonchev–Trinajstić information content (AvgIpc) is 2.39. The number of rotatable bonds is 5. The summed E-state index contributed by atoms with van der Waals surface area (Å²) in [5.41, 5.74) is 2.17. The topological polar surface area (TPSA) is 37.4 Å². The number of nitrogens with zero attached hydrogens (tertiary/aromatic N) is 2. The SMILES string of the molecule is CCN1CCOC(CNCc2cccc(C)n2)C1. The largest absolute Gasteiger partial charge is 0.374 e. The van der Waals surface area contributed by atoms with Gasteiger partial charge in [0.15, 0.2) is 0 Å². The molecule has 0 spiro atoms. The number of aromatic nitrogens is 1. The summed E-state index contributed by atoms with van der Waals surface area (Å²) < 4.78 is 5.75. The average molecular weight is 249 g/mol. The lowest BCUT2D eigenvalue weighted by Gasteiger charge is -2.32. The van der Waals surface area contributed by atoms with Crippen molar-refractivity contribution < 1.29 is 4.74 Å². The molecule has 4 nitrogen and oxygen atoms in total. The van der Waals surface area contributed by atoms with Crippen molar-refractivity contribution >= 4 is 0 Å². The van der Waals surface area contributed by atoms with Crippen LogP contribution in [0.1, 0.15) is 18.3 Å². The Bertz CT molecular complexity index is 370. The van der Waals surface area contributed by atoms with Crippen LogP contribution in [-0.2, 0) is 11.3 Å². The number of pyridine rings is 1. The molecule has 0 aromatic carbocycles. The first-order valence-corrected chi connectivity index (χ1v) is 6.75.